The van der Waals surface area contributed by atoms with Crippen molar-refractivity contribution in [2.75, 3.05) is 22.9 Å². The maximum absolute atomic E-state index is 14.2. The first-order chi connectivity index (χ1) is 10.2. The molecule has 0 fully saturated rings. The highest BCUT2D eigenvalue weighted by Crippen LogP contribution is 2.37. The fourth-order valence-electron chi connectivity index (χ4n) is 2.45. The van der Waals surface area contributed by atoms with Crippen LogP contribution in [-0.2, 0) is 6.54 Å². The number of hydrogen-bond acceptors (Lipinski definition) is 4. The standard InChI is InChI=1S/C16H14FN3S/c17-16-11(9-18)2-1-3-12(16)10-20-6-7-21-15-5-4-13(19)8-14(15)20/h1-5,8H,6-7,10,19H2. The average molecular weight is 299 g/mol. The van der Waals surface area contributed by atoms with Gasteiger partial charge in [0.15, 0.2) is 0 Å². The lowest BCUT2D eigenvalue weighted by Gasteiger charge is -2.31. The predicted octanol–water partition coefficient (Wildman–Crippen LogP) is 3.39. The van der Waals surface area contributed by atoms with Gasteiger partial charge in [-0.25, -0.2) is 4.39 Å². The van der Waals surface area contributed by atoms with Crippen molar-refractivity contribution in [2.45, 2.75) is 11.4 Å². The molecule has 1 heterocycles. The smallest absolute Gasteiger partial charge is 0.145 e. The van der Waals surface area contributed by atoms with Crippen LogP contribution in [0, 0.1) is 17.1 Å². The zero-order valence-corrected chi connectivity index (χ0v) is 12.2. The lowest BCUT2D eigenvalue weighted by atomic mass is 10.1. The second kappa shape index (κ2) is 5.66. The van der Waals surface area contributed by atoms with Crippen LogP contribution in [0.25, 0.3) is 0 Å². The molecule has 1 aliphatic rings. The van der Waals surface area contributed by atoms with Crippen molar-refractivity contribution >= 4 is 23.1 Å². The minimum Gasteiger partial charge on any atom is -0.399 e. The summed E-state index contributed by atoms with van der Waals surface area (Å²) in [6, 6.07) is 12.6. The zero-order chi connectivity index (χ0) is 14.8. The molecule has 5 heteroatoms. The monoisotopic (exact) mass is 299 g/mol. The molecule has 0 amide bonds. The van der Waals surface area contributed by atoms with Crippen molar-refractivity contribution in [1.82, 2.24) is 0 Å². The minimum atomic E-state index is -0.427. The third-order valence-corrected chi connectivity index (χ3v) is 4.55. The molecule has 0 spiro atoms. The van der Waals surface area contributed by atoms with Crippen LogP contribution in [0.3, 0.4) is 0 Å². The topological polar surface area (TPSA) is 53.0 Å². The van der Waals surface area contributed by atoms with Gasteiger partial charge in [0, 0.05) is 35.0 Å². The second-order valence-electron chi connectivity index (χ2n) is 4.89. The Labute approximate surface area is 127 Å². The Kier molecular flexibility index (Phi) is 3.72. The Hall–Kier alpha value is -2.19. The van der Waals surface area contributed by atoms with E-state index in [1.54, 1.807) is 23.9 Å². The summed E-state index contributed by atoms with van der Waals surface area (Å²) in [6.45, 7) is 1.27. The summed E-state index contributed by atoms with van der Waals surface area (Å²) in [5, 5.41) is 8.92. The number of fused-ring (bicyclic) bond motifs is 1. The van der Waals surface area contributed by atoms with Crippen molar-refractivity contribution in [3.63, 3.8) is 0 Å². The van der Waals surface area contributed by atoms with Crippen molar-refractivity contribution in [1.29, 1.82) is 5.26 Å². The molecular formula is C16H14FN3S. The van der Waals surface area contributed by atoms with E-state index in [0.717, 1.165) is 22.9 Å². The largest absolute Gasteiger partial charge is 0.399 e. The van der Waals surface area contributed by atoms with Crippen LogP contribution >= 0.6 is 11.8 Å². The van der Waals surface area contributed by atoms with Crippen molar-refractivity contribution in [2.24, 2.45) is 0 Å². The van der Waals surface area contributed by atoms with Gasteiger partial charge in [-0.15, -0.1) is 11.8 Å². The number of benzene rings is 2. The summed E-state index contributed by atoms with van der Waals surface area (Å²) >= 11 is 1.78. The molecule has 0 unspecified atom stereocenters. The van der Waals surface area contributed by atoms with Gasteiger partial charge in [0.05, 0.1) is 11.3 Å². The maximum Gasteiger partial charge on any atom is 0.145 e. The lowest BCUT2D eigenvalue weighted by Crippen LogP contribution is -2.29. The quantitative estimate of drug-likeness (QED) is 0.864. The summed E-state index contributed by atoms with van der Waals surface area (Å²) in [7, 11) is 0. The van der Waals surface area contributed by atoms with Gasteiger partial charge in [-0.2, -0.15) is 5.26 Å². The first kappa shape index (κ1) is 13.8. The van der Waals surface area contributed by atoms with Gasteiger partial charge in [0.25, 0.3) is 0 Å². The number of nitriles is 1. The number of thioether (sulfide) groups is 1. The summed E-state index contributed by atoms with van der Waals surface area (Å²) in [5.74, 6) is 0.528. The molecule has 0 saturated carbocycles. The van der Waals surface area contributed by atoms with Gasteiger partial charge in [0.2, 0.25) is 0 Å². The summed E-state index contributed by atoms with van der Waals surface area (Å²) in [5.41, 5.74) is 8.22. The molecule has 0 aromatic heterocycles. The van der Waals surface area contributed by atoms with E-state index in [0.29, 0.717) is 17.8 Å². The highest BCUT2D eigenvalue weighted by Gasteiger charge is 2.19. The molecule has 0 radical (unpaired) electrons. The maximum atomic E-state index is 14.2. The van der Waals surface area contributed by atoms with E-state index in [9.17, 15) is 4.39 Å². The molecule has 0 atom stereocenters. The third kappa shape index (κ3) is 2.67. The molecule has 0 aliphatic carbocycles. The molecule has 1 aliphatic heterocycles. The van der Waals surface area contributed by atoms with E-state index < -0.39 is 5.82 Å². The van der Waals surface area contributed by atoms with E-state index in [4.69, 9.17) is 11.0 Å². The Morgan fingerprint density at radius 2 is 2.19 bits per heavy atom. The van der Waals surface area contributed by atoms with Gasteiger partial charge in [0.1, 0.15) is 11.9 Å². The van der Waals surface area contributed by atoms with Crippen LogP contribution in [-0.4, -0.2) is 12.3 Å². The number of halogens is 1. The van der Waals surface area contributed by atoms with Gasteiger partial charge in [-0.05, 0) is 24.3 Å². The first-order valence-corrected chi connectivity index (χ1v) is 7.62. The zero-order valence-electron chi connectivity index (χ0n) is 11.3. The molecule has 3 nitrogen and oxygen atoms in total. The average Bonchev–Trinajstić information content (AvgIpc) is 2.50. The molecule has 0 bridgehead atoms. The van der Waals surface area contributed by atoms with E-state index in [-0.39, 0.29) is 5.56 Å². The fourth-order valence-corrected chi connectivity index (χ4v) is 3.48. The number of hydrogen-bond donors (Lipinski definition) is 1. The van der Waals surface area contributed by atoms with E-state index in [2.05, 4.69) is 4.90 Å². The molecule has 106 valence electrons. The number of nitrogen functional groups attached to an aromatic ring is 1. The molecule has 0 saturated heterocycles. The van der Waals surface area contributed by atoms with Gasteiger partial charge in [-0.3, -0.25) is 0 Å². The van der Waals surface area contributed by atoms with Crippen molar-refractivity contribution in [3.05, 3.63) is 53.3 Å². The first-order valence-electron chi connectivity index (χ1n) is 6.64. The van der Waals surface area contributed by atoms with Gasteiger partial charge < -0.3 is 10.6 Å². The van der Waals surface area contributed by atoms with E-state index >= 15 is 0 Å². The summed E-state index contributed by atoms with van der Waals surface area (Å²) in [4.78, 5) is 3.27. The van der Waals surface area contributed by atoms with Crippen LogP contribution in [0.1, 0.15) is 11.1 Å². The Morgan fingerprint density at radius 3 is 3.00 bits per heavy atom. The molecule has 3 rings (SSSR count). The Bertz CT molecular complexity index is 724. The molecular weight excluding hydrogens is 285 g/mol. The Balaban J connectivity index is 1.94. The Morgan fingerprint density at radius 1 is 1.33 bits per heavy atom. The van der Waals surface area contributed by atoms with Crippen molar-refractivity contribution in [3.8, 4) is 6.07 Å². The van der Waals surface area contributed by atoms with Crippen LogP contribution < -0.4 is 10.6 Å². The van der Waals surface area contributed by atoms with Crippen LogP contribution in [0.5, 0.6) is 0 Å². The number of rotatable bonds is 2. The summed E-state index contributed by atoms with van der Waals surface area (Å²) in [6.07, 6.45) is 0. The van der Waals surface area contributed by atoms with Crippen LogP contribution in [0.4, 0.5) is 15.8 Å². The molecule has 2 aromatic rings. The van der Waals surface area contributed by atoms with E-state index in [1.807, 2.05) is 24.3 Å². The van der Waals surface area contributed by atoms with Crippen LogP contribution in [0.15, 0.2) is 41.3 Å². The number of nitrogens with two attached hydrogens (primary N) is 1. The normalized spacial score (nSPS) is 13.6. The molecule has 2 aromatic carbocycles. The second-order valence-corrected chi connectivity index (χ2v) is 6.02. The number of anilines is 2. The minimum absolute atomic E-state index is 0.0895. The number of nitrogens with zero attached hydrogens (tertiary/aromatic N) is 2. The third-order valence-electron chi connectivity index (χ3n) is 3.50. The summed E-state index contributed by atoms with van der Waals surface area (Å²) < 4.78 is 14.2. The highest BCUT2D eigenvalue weighted by atomic mass is 32.2. The SMILES string of the molecule is N#Cc1cccc(CN2CCSc3ccc(N)cc32)c1F. The predicted molar refractivity (Wildman–Crippen MR) is 83.7 cm³/mol. The van der Waals surface area contributed by atoms with Gasteiger partial charge in [-0.1, -0.05) is 12.1 Å². The van der Waals surface area contributed by atoms with Gasteiger partial charge >= 0.3 is 0 Å². The highest BCUT2D eigenvalue weighted by molar-refractivity contribution is 7.99. The fraction of sp³-hybridized carbons (Fsp3) is 0.188. The molecule has 21 heavy (non-hydrogen) atoms. The van der Waals surface area contributed by atoms with Crippen molar-refractivity contribution < 1.29 is 4.39 Å². The van der Waals surface area contributed by atoms with Crippen LogP contribution in [0.2, 0.25) is 0 Å². The lowest BCUT2D eigenvalue weighted by molar-refractivity contribution is 0.601. The molecule has 2 N–H and O–H groups in total. The van der Waals surface area contributed by atoms with E-state index in [1.165, 1.54) is 6.07 Å².